The van der Waals surface area contributed by atoms with E-state index in [4.69, 9.17) is 26.4 Å². The fourth-order valence-electron chi connectivity index (χ4n) is 3.13. The first-order valence-electron chi connectivity index (χ1n) is 8.67. The smallest absolute Gasteiger partial charge is 0.269 e. The standard InChI is InChI=1S/C18H27N3O4S/c1-11-7-5-6-8-13(11)19-18(26)21-20-17(22)12-9-14(23-2)16(25-4)15(10-12)24-3/h9-11,13H,5-8H2,1-4H3,(H,20,22)(H2,19,21,26)/t11-,13+/m0/s1. The normalized spacial score (nSPS) is 19.2. The van der Waals surface area contributed by atoms with E-state index in [0.717, 1.165) is 6.42 Å². The molecule has 0 aliphatic heterocycles. The summed E-state index contributed by atoms with van der Waals surface area (Å²) >= 11 is 5.29. The molecule has 1 fully saturated rings. The number of carbonyl (C=O) groups excluding carboxylic acids is 1. The Morgan fingerprint density at radius 2 is 1.65 bits per heavy atom. The van der Waals surface area contributed by atoms with Gasteiger partial charge in [-0.2, -0.15) is 0 Å². The van der Waals surface area contributed by atoms with Gasteiger partial charge in [0.25, 0.3) is 5.91 Å². The summed E-state index contributed by atoms with van der Waals surface area (Å²) in [6.45, 7) is 2.22. The van der Waals surface area contributed by atoms with Crippen LogP contribution in [-0.2, 0) is 0 Å². The Kier molecular flexibility index (Phi) is 7.32. The number of carbonyl (C=O) groups is 1. The molecule has 144 valence electrons. The lowest BCUT2D eigenvalue weighted by Crippen LogP contribution is -2.51. The number of amides is 1. The lowest BCUT2D eigenvalue weighted by molar-refractivity contribution is 0.0942. The van der Waals surface area contributed by atoms with Crippen molar-refractivity contribution in [3.8, 4) is 17.2 Å². The van der Waals surface area contributed by atoms with E-state index in [1.165, 1.54) is 40.6 Å². The highest BCUT2D eigenvalue weighted by atomic mass is 32.1. The molecule has 1 amide bonds. The molecule has 0 bridgehead atoms. The zero-order valence-corrected chi connectivity index (χ0v) is 16.5. The zero-order chi connectivity index (χ0) is 19.1. The second-order valence-electron chi connectivity index (χ2n) is 6.33. The summed E-state index contributed by atoms with van der Waals surface area (Å²) in [6.07, 6.45) is 4.74. The molecule has 1 aliphatic rings. The van der Waals surface area contributed by atoms with Gasteiger partial charge in [0.2, 0.25) is 5.75 Å². The minimum atomic E-state index is -0.356. The van der Waals surface area contributed by atoms with Crippen LogP contribution in [0.4, 0.5) is 0 Å². The number of nitrogens with one attached hydrogen (secondary N) is 3. The number of hydrazine groups is 1. The van der Waals surface area contributed by atoms with Gasteiger partial charge in [0.1, 0.15) is 0 Å². The Balaban J connectivity index is 1.97. The summed E-state index contributed by atoms with van der Waals surface area (Å²) in [7, 11) is 4.52. The van der Waals surface area contributed by atoms with Crippen molar-refractivity contribution in [2.24, 2.45) is 5.92 Å². The van der Waals surface area contributed by atoms with Crippen molar-refractivity contribution >= 4 is 23.2 Å². The van der Waals surface area contributed by atoms with Gasteiger partial charge in [0.05, 0.1) is 21.3 Å². The first-order valence-corrected chi connectivity index (χ1v) is 9.07. The van der Waals surface area contributed by atoms with Crippen molar-refractivity contribution in [2.75, 3.05) is 21.3 Å². The molecule has 8 heteroatoms. The fourth-order valence-corrected chi connectivity index (χ4v) is 3.34. The first kappa shape index (κ1) is 20.1. The highest BCUT2D eigenvalue weighted by molar-refractivity contribution is 7.80. The summed E-state index contributed by atoms with van der Waals surface area (Å²) in [6, 6.07) is 3.50. The number of hydrogen-bond acceptors (Lipinski definition) is 5. The van der Waals surface area contributed by atoms with Crippen LogP contribution in [0.3, 0.4) is 0 Å². The van der Waals surface area contributed by atoms with Crippen LogP contribution in [0, 0.1) is 5.92 Å². The summed E-state index contributed by atoms with van der Waals surface area (Å²) in [5, 5.41) is 3.68. The Hall–Kier alpha value is -2.22. The Bertz CT molecular complexity index is 628. The molecule has 3 N–H and O–H groups in total. The van der Waals surface area contributed by atoms with Gasteiger partial charge in [-0.25, -0.2) is 0 Å². The molecule has 1 aromatic carbocycles. The van der Waals surface area contributed by atoms with Crippen LogP contribution in [0.1, 0.15) is 43.0 Å². The number of methoxy groups -OCH3 is 3. The monoisotopic (exact) mass is 381 g/mol. The van der Waals surface area contributed by atoms with Gasteiger partial charge in [0.15, 0.2) is 16.6 Å². The third-order valence-corrected chi connectivity index (χ3v) is 4.86. The Morgan fingerprint density at radius 1 is 1.04 bits per heavy atom. The van der Waals surface area contributed by atoms with Crippen molar-refractivity contribution < 1.29 is 19.0 Å². The van der Waals surface area contributed by atoms with Crippen molar-refractivity contribution in [3.63, 3.8) is 0 Å². The number of hydrogen-bond donors (Lipinski definition) is 3. The van der Waals surface area contributed by atoms with Crippen LogP contribution in [0.5, 0.6) is 17.2 Å². The van der Waals surface area contributed by atoms with Crippen molar-refractivity contribution in [3.05, 3.63) is 17.7 Å². The number of benzene rings is 1. The third kappa shape index (κ3) is 4.91. The van der Waals surface area contributed by atoms with E-state index in [2.05, 4.69) is 23.1 Å². The van der Waals surface area contributed by atoms with E-state index in [9.17, 15) is 4.79 Å². The molecular weight excluding hydrogens is 354 g/mol. The van der Waals surface area contributed by atoms with E-state index in [0.29, 0.717) is 39.9 Å². The fraction of sp³-hybridized carbons (Fsp3) is 0.556. The molecule has 0 aromatic heterocycles. The Morgan fingerprint density at radius 3 is 2.19 bits per heavy atom. The summed E-state index contributed by atoms with van der Waals surface area (Å²) in [5.41, 5.74) is 5.72. The maximum Gasteiger partial charge on any atom is 0.269 e. The third-order valence-electron chi connectivity index (χ3n) is 4.64. The zero-order valence-electron chi connectivity index (χ0n) is 15.7. The summed E-state index contributed by atoms with van der Waals surface area (Å²) < 4.78 is 15.8. The number of thiocarbonyl (C=S) groups is 1. The minimum Gasteiger partial charge on any atom is -0.493 e. The molecule has 7 nitrogen and oxygen atoms in total. The predicted octanol–water partition coefficient (Wildman–Crippen LogP) is 2.40. The van der Waals surface area contributed by atoms with Crippen LogP contribution in [0.2, 0.25) is 0 Å². The average molecular weight is 381 g/mol. The lowest BCUT2D eigenvalue weighted by Gasteiger charge is -2.30. The van der Waals surface area contributed by atoms with Crippen LogP contribution in [0.25, 0.3) is 0 Å². The highest BCUT2D eigenvalue weighted by Crippen LogP contribution is 2.38. The molecule has 26 heavy (non-hydrogen) atoms. The van der Waals surface area contributed by atoms with Crippen LogP contribution >= 0.6 is 12.2 Å². The van der Waals surface area contributed by atoms with E-state index < -0.39 is 0 Å². The first-order chi connectivity index (χ1) is 12.5. The molecule has 0 saturated heterocycles. The van der Waals surface area contributed by atoms with Gasteiger partial charge in [-0.15, -0.1) is 0 Å². The summed E-state index contributed by atoms with van der Waals surface area (Å²) in [4.78, 5) is 12.4. The maximum absolute atomic E-state index is 12.4. The van der Waals surface area contributed by atoms with Gasteiger partial charge in [0, 0.05) is 11.6 Å². The van der Waals surface area contributed by atoms with Crippen LogP contribution in [-0.4, -0.2) is 38.4 Å². The molecular formula is C18H27N3O4S. The van der Waals surface area contributed by atoms with E-state index in [-0.39, 0.29) is 5.91 Å². The largest absolute Gasteiger partial charge is 0.493 e. The average Bonchev–Trinajstić information content (AvgIpc) is 2.66. The summed E-state index contributed by atoms with van der Waals surface area (Å²) in [5.74, 6) is 1.46. The molecule has 0 unspecified atom stereocenters. The molecule has 1 aromatic rings. The molecule has 0 radical (unpaired) electrons. The Labute approximate surface area is 159 Å². The molecule has 1 saturated carbocycles. The second kappa shape index (κ2) is 9.47. The van der Waals surface area contributed by atoms with Gasteiger partial charge in [-0.3, -0.25) is 15.6 Å². The van der Waals surface area contributed by atoms with Gasteiger partial charge < -0.3 is 19.5 Å². The quantitative estimate of drug-likeness (QED) is 0.534. The van der Waals surface area contributed by atoms with E-state index in [1.54, 1.807) is 12.1 Å². The molecule has 0 heterocycles. The van der Waals surface area contributed by atoms with Crippen molar-refractivity contribution in [1.82, 2.24) is 16.2 Å². The van der Waals surface area contributed by atoms with Crippen LogP contribution < -0.4 is 30.4 Å². The van der Waals surface area contributed by atoms with Crippen molar-refractivity contribution in [2.45, 2.75) is 38.6 Å². The van der Waals surface area contributed by atoms with Gasteiger partial charge in [-0.05, 0) is 43.1 Å². The van der Waals surface area contributed by atoms with Crippen molar-refractivity contribution in [1.29, 1.82) is 0 Å². The molecule has 2 rings (SSSR count). The van der Waals surface area contributed by atoms with Gasteiger partial charge in [-0.1, -0.05) is 19.8 Å². The predicted molar refractivity (Wildman–Crippen MR) is 104 cm³/mol. The number of ether oxygens (including phenoxy) is 3. The molecule has 1 aliphatic carbocycles. The lowest BCUT2D eigenvalue weighted by atomic mass is 9.86. The van der Waals surface area contributed by atoms with Gasteiger partial charge >= 0.3 is 0 Å². The highest BCUT2D eigenvalue weighted by Gasteiger charge is 2.22. The maximum atomic E-state index is 12.4. The second-order valence-corrected chi connectivity index (χ2v) is 6.74. The molecule has 2 atom stereocenters. The minimum absolute atomic E-state index is 0.335. The number of rotatable bonds is 5. The van der Waals surface area contributed by atoms with E-state index in [1.807, 2.05) is 0 Å². The SMILES string of the molecule is COc1cc(C(=O)NNC(=S)N[C@@H]2CCCC[C@@H]2C)cc(OC)c1OC. The topological polar surface area (TPSA) is 80.9 Å². The van der Waals surface area contributed by atoms with E-state index >= 15 is 0 Å². The van der Waals surface area contributed by atoms with Crippen LogP contribution in [0.15, 0.2) is 12.1 Å². The molecule has 0 spiro atoms.